The Bertz CT molecular complexity index is 1300. The molecule has 2 aliphatic rings. The highest BCUT2D eigenvalue weighted by atomic mass is 35.5. The Morgan fingerprint density at radius 2 is 2.03 bits per heavy atom. The number of amides is 2. The molecule has 1 N–H and O–H groups in total. The van der Waals surface area contributed by atoms with E-state index in [9.17, 15) is 14.0 Å². The van der Waals surface area contributed by atoms with Gasteiger partial charge in [0.25, 0.3) is 5.91 Å². The van der Waals surface area contributed by atoms with Crippen LogP contribution in [0.4, 0.5) is 4.39 Å². The van der Waals surface area contributed by atoms with Crippen LogP contribution in [0.1, 0.15) is 43.2 Å². The zero-order chi connectivity index (χ0) is 24.2. The van der Waals surface area contributed by atoms with Gasteiger partial charge in [0.1, 0.15) is 22.7 Å². The smallest absolute Gasteiger partial charge is 0.273 e. The number of carbonyl (C=O) groups is 2. The average molecular weight is 485 g/mol. The van der Waals surface area contributed by atoms with Crippen LogP contribution >= 0.6 is 11.6 Å². The molecule has 1 saturated carbocycles. The third-order valence-corrected chi connectivity index (χ3v) is 7.33. The maximum Gasteiger partial charge on any atom is 0.273 e. The lowest BCUT2D eigenvalue weighted by molar-refractivity contribution is -0.133. The van der Waals surface area contributed by atoms with E-state index in [4.69, 9.17) is 21.3 Å². The summed E-state index contributed by atoms with van der Waals surface area (Å²) in [5, 5.41) is 3.69. The molecule has 2 amide bonds. The van der Waals surface area contributed by atoms with E-state index in [2.05, 4.69) is 9.88 Å². The van der Waals surface area contributed by atoms with Gasteiger partial charge in [-0.1, -0.05) is 17.7 Å². The van der Waals surface area contributed by atoms with Crippen molar-refractivity contribution in [3.8, 4) is 11.1 Å². The fraction of sp³-hybridized carbons (Fsp3) is 0.400. The predicted octanol–water partition coefficient (Wildman–Crippen LogP) is 4.20. The fourth-order valence-corrected chi connectivity index (χ4v) is 4.88. The van der Waals surface area contributed by atoms with E-state index in [0.717, 1.165) is 23.8 Å². The first kappa shape index (κ1) is 22.8. The molecule has 2 fully saturated rings. The normalized spacial score (nSPS) is 21.9. The second kappa shape index (κ2) is 8.36. The number of benzene rings is 1. The van der Waals surface area contributed by atoms with Crippen molar-refractivity contribution in [2.24, 2.45) is 0 Å². The average Bonchev–Trinajstić information content (AvgIpc) is 3.15. The zero-order valence-corrected chi connectivity index (χ0v) is 20.0. The highest BCUT2D eigenvalue weighted by Gasteiger charge is 2.41. The van der Waals surface area contributed by atoms with Crippen LogP contribution < -0.4 is 5.32 Å². The van der Waals surface area contributed by atoms with Crippen molar-refractivity contribution in [2.45, 2.75) is 44.4 Å². The van der Waals surface area contributed by atoms with Gasteiger partial charge >= 0.3 is 0 Å². The van der Waals surface area contributed by atoms with Gasteiger partial charge in [0, 0.05) is 43.4 Å². The molecule has 178 valence electrons. The molecule has 5 rings (SSSR count). The molecule has 34 heavy (non-hydrogen) atoms. The molecule has 3 heterocycles. The van der Waals surface area contributed by atoms with Crippen LogP contribution in [0, 0.1) is 5.82 Å². The van der Waals surface area contributed by atoms with Crippen LogP contribution in [0.15, 0.2) is 36.5 Å². The van der Waals surface area contributed by atoms with Crippen molar-refractivity contribution < 1.29 is 18.7 Å². The number of aromatic nitrogens is 2. The number of methoxy groups -OCH3 is 1. The lowest BCUT2D eigenvalue weighted by atomic mass is 9.89. The van der Waals surface area contributed by atoms with Crippen molar-refractivity contribution in [3.63, 3.8) is 0 Å². The number of halogens is 2. The summed E-state index contributed by atoms with van der Waals surface area (Å²) in [5.74, 6) is -0.978. The van der Waals surface area contributed by atoms with Crippen LogP contribution in [-0.4, -0.2) is 58.1 Å². The number of piperazine rings is 1. The maximum absolute atomic E-state index is 14.2. The standard InChI is InChI=1S/C25H26ClFN4O3/c1-25(2)24(33)28-8-9-31(25)23(32)21-7-5-17-18(14-4-6-19(26)20(27)10-14)13-30(22(17)29-21)15-11-16(12-15)34-3/h4-7,10,13,15-16H,8-9,11-12H2,1-3H3,(H,28,33). The number of ether oxygens (including phenoxy) is 1. The summed E-state index contributed by atoms with van der Waals surface area (Å²) in [7, 11) is 1.70. The molecule has 9 heteroatoms. The number of hydrogen-bond acceptors (Lipinski definition) is 4. The first-order valence-corrected chi connectivity index (χ1v) is 11.7. The zero-order valence-electron chi connectivity index (χ0n) is 19.3. The van der Waals surface area contributed by atoms with Crippen LogP contribution in [-0.2, 0) is 9.53 Å². The van der Waals surface area contributed by atoms with Crippen molar-refractivity contribution in [2.75, 3.05) is 20.2 Å². The number of nitrogens with one attached hydrogen (secondary N) is 1. The second-order valence-electron chi connectivity index (χ2n) is 9.40. The topological polar surface area (TPSA) is 76.5 Å². The third-order valence-electron chi connectivity index (χ3n) is 7.02. The van der Waals surface area contributed by atoms with Crippen molar-refractivity contribution >= 4 is 34.4 Å². The summed E-state index contributed by atoms with van der Waals surface area (Å²) in [6.45, 7) is 4.27. The molecule has 0 spiro atoms. The minimum atomic E-state index is -0.973. The van der Waals surface area contributed by atoms with E-state index in [0.29, 0.717) is 24.3 Å². The Balaban J connectivity index is 1.59. The Morgan fingerprint density at radius 1 is 1.26 bits per heavy atom. The van der Waals surface area contributed by atoms with E-state index in [-0.39, 0.29) is 34.7 Å². The maximum atomic E-state index is 14.2. The highest BCUT2D eigenvalue weighted by molar-refractivity contribution is 6.30. The van der Waals surface area contributed by atoms with E-state index in [1.165, 1.54) is 12.1 Å². The van der Waals surface area contributed by atoms with Crippen LogP contribution in [0.5, 0.6) is 0 Å². The number of carbonyl (C=O) groups excluding carboxylic acids is 2. The number of nitrogens with zero attached hydrogens (tertiary/aromatic N) is 3. The highest BCUT2D eigenvalue weighted by Crippen LogP contribution is 2.40. The number of rotatable bonds is 4. The summed E-state index contributed by atoms with van der Waals surface area (Å²) >= 11 is 5.89. The van der Waals surface area contributed by atoms with Gasteiger partial charge in [0.2, 0.25) is 5.91 Å². The molecule has 2 aromatic heterocycles. The van der Waals surface area contributed by atoms with Gasteiger partial charge in [-0.05, 0) is 56.5 Å². The SMILES string of the molecule is COC1CC(n2cc(-c3ccc(Cl)c(F)c3)c3ccc(C(=O)N4CCNC(=O)C4(C)C)nc32)C1. The first-order chi connectivity index (χ1) is 16.2. The number of hydrogen-bond donors (Lipinski definition) is 1. The molecular formula is C25H26ClFN4O3. The molecule has 1 aliphatic heterocycles. The summed E-state index contributed by atoms with van der Waals surface area (Å²) in [4.78, 5) is 32.1. The summed E-state index contributed by atoms with van der Waals surface area (Å²) in [6, 6.07) is 8.40. The van der Waals surface area contributed by atoms with Gasteiger partial charge in [-0.2, -0.15) is 0 Å². The fourth-order valence-electron chi connectivity index (χ4n) is 4.77. The minimum Gasteiger partial charge on any atom is -0.381 e. The Morgan fingerprint density at radius 3 is 2.74 bits per heavy atom. The van der Waals surface area contributed by atoms with Crippen molar-refractivity contribution in [3.05, 3.63) is 53.1 Å². The van der Waals surface area contributed by atoms with Crippen LogP contribution in [0.2, 0.25) is 5.02 Å². The Kier molecular flexibility index (Phi) is 5.61. The molecule has 0 bridgehead atoms. The van der Waals surface area contributed by atoms with Gasteiger partial charge in [0.15, 0.2) is 0 Å². The number of fused-ring (bicyclic) bond motifs is 1. The summed E-state index contributed by atoms with van der Waals surface area (Å²) in [5.41, 5.74) is 1.44. The lowest BCUT2D eigenvalue weighted by Crippen LogP contribution is -2.63. The lowest BCUT2D eigenvalue weighted by Gasteiger charge is -2.41. The van der Waals surface area contributed by atoms with Crippen LogP contribution in [0.3, 0.4) is 0 Å². The van der Waals surface area contributed by atoms with Gasteiger partial charge in [-0.15, -0.1) is 0 Å². The van der Waals surface area contributed by atoms with Crippen LogP contribution in [0.25, 0.3) is 22.2 Å². The molecule has 1 saturated heterocycles. The molecular weight excluding hydrogens is 459 g/mol. The molecule has 0 radical (unpaired) electrons. The quantitative estimate of drug-likeness (QED) is 0.602. The van der Waals surface area contributed by atoms with Crippen molar-refractivity contribution in [1.82, 2.24) is 19.8 Å². The third kappa shape index (κ3) is 3.65. The van der Waals surface area contributed by atoms with Crippen molar-refractivity contribution in [1.29, 1.82) is 0 Å². The molecule has 7 nitrogen and oxygen atoms in total. The monoisotopic (exact) mass is 484 g/mol. The van der Waals surface area contributed by atoms with E-state index < -0.39 is 11.4 Å². The van der Waals surface area contributed by atoms with E-state index in [1.807, 2.05) is 12.3 Å². The Labute approximate surface area is 201 Å². The van der Waals surface area contributed by atoms with Gasteiger partial charge < -0.3 is 19.5 Å². The largest absolute Gasteiger partial charge is 0.381 e. The first-order valence-electron chi connectivity index (χ1n) is 11.3. The van der Waals surface area contributed by atoms with E-state index >= 15 is 0 Å². The molecule has 3 aromatic rings. The second-order valence-corrected chi connectivity index (χ2v) is 9.81. The molecule has 1 aromatic carbocycles. The molecule has 0 unspecified atom stereocenters. The number of pyridine rings is 1. The Hall–Kier alpha value is -2.97. The van der Waals surface area contributed by atoms with E-state index in [1.54, 1.807) is 38.0 Å². The summed E-state index contributed by atoms with van der Waals surface area (Å²) in [6.07, 6.45) is 3.79. The molecule has 1 aliphatic carbocycles. The van der Waals surface area contributed by atoms with Gasteiger partial charge in [-0.3, -0.25) is 9.59 Å². The predicted molar refractivity (Wildman–Crippen MR) is 127 cm³/mol. The summed E-state index contributed by atoms with van der Waals surface area (Å²) < 4.78 is 21.7. The molecule has 0 atom stereocenters. The minimum absolute atomic E-state index is 0.0635. The van der Waals surface area contributed by atoms with Gasteiger partial charge in [-0.25, -0.2) is 9.37 Å². The van der Waals surface area contributed by atoms with Gasteiger partial charge in [0.05, 0.1) is 11.1 Å².